The van der Waals surface area contributed by atoms with Crippen LogP contribution < -0.4 is 15.0 Å². The molecule has 0 bridgehead atoms. The number of benzene rings is 2. The summed E-state index contributed by atoms with van der Waals surface area (Å²) < 4.78 is 5.37. The number of carbonyl (C=O) groups excluding carboxylic acids is 1. The molecule has 5 heteroatoms. The van der Waals surface area contributed by atoms with Crippen LogP contribution in [0.5, 0.6) is 5.75 Å². The summed E-state index contributed by atoms with van der Waals surface area (Å²) in [5.41, 5.74) is 0.953. The Morgan fingerprint density at radius 1 is 1.11 bits per heavy atom. The van der Waals surface area contributed by atoms with Gasteiger partial charge in [-0.2, -0.15) is 0 Å². The van der Waals surface area contributed by atoms with Crippen molar-refractivity contribution in [2.45, 2.75) is 13.8 Å². The van der Waals surface area contributed by atoms with E-state index in [1.54, 1.807) is 19.2 Å². The monoisotopic (exact) mass is 377 g/mol. The number of rotatable bonds is 9. The minimum absolute atomic E-state index is 0.132. The summed E-state index contributed by atoms with van der Waals surface area (Å²) in [7, 11) is 1.57. The third-order valence-corrected chi connectivity index (χ3v) is 4.79. The number of nitrogens with zero attached hydrogens (tertiary/aromatic N) is 2. The predicted octanol–water partition coefficient (Wildman–Crippen LogP) is 3.91. The van der Waals surface area contributed by atoms with Gasteiger partial charge in [-0.25, -0.2) is 4.98 Å². The highest BCUT2D eigenvalue weighted by atomic mass is 16.5. The molecule has 0 aliphatic carbocycles. The van der Waals surface area contributed by atoms with Gasteiger partial charge in [0.15, 0.2) is 0 Å². The molecule has 3 rings (SSSR count). The Bertz CT molecular complexity index is 955. The van der Waals surface area contributed by atoms with Crippen LogP contribution in [0.4, 0.5) is 5.82 Å². The van der Waals surface area contributed by atoms with Crippen molar-refractivity contribution < 1.29 is 9.53 Å². The van der Waals surface area contributed by atoms with Gasteiger partial charge >= 0.3 is 0 Å². The Kier molecular flexibility index (Phi) is 6.61. The van der Waals surface area contributed by atoms with Gasteiger partial charge in [0.05, 0.1) is 12.7 Å². The Labute approximate surface area is 166 Å². The molecule has 0 unspecified atom stereocenters. The van der Waals surface area contributed by atoms with Crippen molar-refractivity contribution in [1.29, 1.82) is 0 Å². The third-order valence-electron chi connectivity index (χ3n) is 4.79. The lowest BCUT2D eigenvalue weighted by Crippen LogP contribution is -2.33. The zero-order chi connectivity index (χ0) is 19.9. The van der Waals surface area contributed by atoms with E-state index in [4.69, 9.17) is 9.72 Å². The molecule has 0 saturated carbocycles. The summed E-state index contributed by atoms with van der Waals surface area (Å²) in [4.78, 5) is 20.2. The van der Waals surface area contributed by atoms with Gasteiger partial charge in [-0.15, -0.1) is 0 Å². The molecule has 0 amide bonds. The maximum absolute atomic E-state index is 13.2. The maximum atomic E-state index is 13.2. The van der Waals surface area contributed by atoms with Crippen LogP contribution in [-0.2, 0) is 0 Å². The maximum Gasteiger partial charge on any atom is 0.215 e. The largest absolute Gasteiger partial charge is 0.496 e. The van der Waals surface area contributed by atoms with Gasteiger partial charge in [-0.1, -0.05) is 43.3 Å². The third kappa shape index (κ3) is 4.15. The van der Waals surface area contributed by atoms with Crippen LogP contribution in [0.2, 0.25) is 0 Å². The fourth-order valence-corrected chi connectivity index (χ4v) is 3.31. The average Bonchev–Trinajstić information content (AvgIpc) is 2.75. The molecule has 3 aromatic rings. The van der Waals surface area contributed by atoms with Crippen LogP contribution in [0.1, 0.15) is 29.9 Å². The molecule has 0 spiro atoms. The topological polar surface area (TPSA) is 54.5 Å². The van der Waals surface area contributed by atoms with E-state index in [0.29, 0.717) is 17.0 Å². The van der Waals surface area contributed by atoms with Gasteiger partial charge < -0.3 is 15.0 Å². The normalized spacial score (nSPS) is 10.8. The molecule has 0 fully saturated rings. The first kappa shape index (κ1) is 19.8. The highest BCUT2D eigenvalue weighted by Crippen LogP contribution is 2.28. The molecular weight excluding hydrogens is 350 g/mol. The van der Waals surface area contributed by atoms with Crippen LogP contribution >= 0.6 is 0 Å². The fourth-order valence-electron chi connectivity index (χ4n) is 3.31. The molecule has 1 heterocycles. The number of methoxy groups -OCH3 is 1. The van der Waals surface area contributed by atoms with Gasteiger partial charge in [-0.05, 0) is 37.1 Å². The van der Waals surface area contributed by atoms with E-state index in [1.807, 2.05) is 36.4 Å². The quantitative estimate of drug-likeness (QED) is 0.453. The van der Waals surface area contributed by atoms with Crippen LogP contribution in [-0.4, -0.2) is 44.1 Å². The van der Waals surface area contributed by atoms with E-state index in [0.717, 1.165) is 42.8 Å². The number of likely N-dealkylation sites (N-methyl/N-ethyl adjacent to an activating group) is 2. The first-order valence-corrected chi connectivity index (χ1v) is 9.72. The van der Waals surface area contributed by atoms with Crippen molar-refractivity contribution in [3.63, 3.8) is 0 Å². The Hall–Kier alpha value is -2.92. The van der Waals surface area contributed by atoms with Gasteiger partial charge in [0.1, 0.15) is 17.3 Å². The molecule has 0 aliphatic rings. The Balaban J connectivity index is 2.08. The van der Waals surface area contributed by atoms with E-state index in [-0.39, 0.29) is 5.78 Å². The number of ketones is 1. The molecule has 2 aromatic carbocycles. The van der Waals surface area contributed by atoms with Crippen molar-refractivity contribution in [1.82, 2.24) is 10.3 Å². The van der Waals surface area contributed by atoms with E-state index in [1.165, 1.54) is 0 Å². The standard InChI is InChI=1S/C23H27N3O2/c1-4-24-14-15-26(5-2)23-18-11-7-6-10-17(18)16-20(25-23)22(27)19-12-8-9-13-21(19)28-3/h6-13,16,24H,4-5,14-15H2,1-3H3. The number of anilines is 1. The number of hydrogen-bond acceptors (Lipinski definition) is 5. The molecular formula is C23H27N3O2. The Morgan fingerprint density at radius 3 is 2.61 bits per heavy atom. The van der Waals surface area contributed by atoms with Crippen molar-refractivity contribution >= 4 is 22.4 Å². The number of ether oxygens (including phenoxy) is 1. The summed E-state index contributed by atoms with van der Waals surface area (Å²) >= 11 is 0. The van der Waals surface area contributed by atoms with Crippen molar-refractivity contribution in [3.8, 4) is 5.75 Å². The van der Waals surface area contributed by atoms with E-state index >= 15 is 0 Å². The summed E-state index contributed by atoms with van der Waals surface area (Å²) in [5, 5.41) is 5.42. The molecule has 1 aromatic heterocycles. The second kappa shape index (κ2) is 9.33. The number of hydrogen-bond donors (Lipinski definition) is 1. The lowest BCUT2D eigenvalue weighted by molar-refractivity contribution is 0.103. The number of carbonyl (C=O) groups is 1. The second-order valence-corrected chi connectivity index (χ2v) is 6.51. The second-order valence-electron chi connectivity index (χ2n) is 6.51. The first-order chi connectivity index (χ1) is 13.7. The van der Waals surface area contributed by atoms with Gasteiger partial charge in [0, 0.05) is 25.0 Å². The smallest absolute Gasteiger partial charge is 0.215 e. The average molecular weight is 377 g/mol. The van der Waals surface area contributed by atoms with Gasteiger partial charge in [0.25, 0.3) is 0 Å². The predicted molar refractivity (Wildman–Crippen MR) is 115 cm³/mol. The SMILES string of the molecule is CCNCCN(CC)c1nc(C(=O)c2ccccc2OC)cc2ccccc12. The fraction of sp³-hybridized carbons (Fsp3) is 0.304. The lowest BCUT2D eigenvalue weighted by Gasteiger charge is -2.24. The summed E-state index contributed by atoms with van der Waals surface area (Å²) in [6, 6.07) is 17.2. The molecule has 0 radical (unpaired) electrons. The summed E-state index contributed by atoms with van der Waals surface area (Å²) in [6.07, 6.45) is 0. The van der Waals surface area contributed by atoms with Crippen LogP contribution in [0.3, 0.4) is 0 Å². The number of para-hydroxylation sites is 1. The zero-order valence-electron chi connectivity index (χ0n) is 16.7. The van der Waals surface area contributed by atoms with Crippen LogP contribution in [0.25, 0.3) is 10.8 Å². The highest BCUT2D eigenvalue weighted by Gasteiger charge is 2.19. The van der Waals surface area contributed by atoms with E-state index in [9.17, 15) is 4.79 Å². The summed E-state index contributed by atoms with van der Waals surface area (Å²) in [6.45, 7) is 7.64. The van der Waals surface area contributed by atoms with Crippen molar-refractivity contribution in [3.05, 3.63) is 65.9 Å². The number of pyridine rings is 1. The van der Waals surface area contributed by atoms with Crippen LogP contribution in [0.15, 0.2) is 54.6 Å². The van der Waals surface area contributed by atoms with Crippen molar-refractivity contribution in [2.75, 3.05) is 38.2 Å². The summed E-state index contributed by atoms with van der Waals surface area (Å²) in [5.74, 6) is 1.27. The lowest BCUT2D eigenvalue weighted by atomic mass is 10.0. The minimum Gasteiger partial charge on any atom is -0.496 e. The zero-order valence-corrected chi connectivity index (χ0v) is 16.7. The molecule has 146 valence electrons. The highest BCUT2D eigenvalue weighted by molar-refractivity contribution is 6.11. The van der Waals surface area contributed by atoms with E-state index < -0.39 is 0 Å². The molecule has 0 aliphatic heterocycles. The van der Waals surface area contributed by atoms with Gasteiger partial charge in [-0.3, -0.25) is 4.79 Å². The molecule has 5 nitrogen and oxygen atoms in total. The molecule has 0 saturated heterocycles. The van der Waals surface area contributed by atoms with Gasteiger partial charge in [0.2, 0.25) is 5.78 Å². The molecule has 0 atom stereocenters. The Morgan fingerprint density at radius 2 is 1.86 bits per heavy atom. The number of aromatic nitrogens is 1. The van der Waals surface area contributed by atoms with E-state index in [2.05, 4.69) is 30.1 Å². The first-order valence-electron chi connectivity index (χ1n) is 9.72. The number of fused-ring (bicyclic) bond motifs is 1. The number of nitrogens with one attached hydrogen (secondary N) is 1. The minimum atomic E-state index is -0.132. The molecule has 1 N–H and O–H groups in total. The van der Waals surface area contributed by atoms with Crippen molar-refractivity contribution in [2.24, 2.45) is 0 Å². The van der Waals surface area contributed by atoms with Crippen LogP contribution in [0, 0.1) is 0 Å². The molecule has 28 heavy (non-hydrogen) atoms.